The summed E-state index contributed by atoms with van der Waals surface area (Å²) in [7, 11) is 1.35. The quantitative estimate of drug-likeness (QED) is 0.467. The fourth-order valence-electron chi connectivity index (χ4n) is 3.43. The number of esters is 1. The Morgan fingerprint density at radius 1 is 1.07 bits per heavy atom. The van der Waals surface area contributed by atoms with E-state index in [1.807, 2.05) is 23.1 Å². The Kier molecular flexibility index (Phi) is 6.21. The Morgan fingerprint density at radius 3 is 2.50 bits per heavy atom. The van der Waals surface area contributed by atoms with Crippen LogP contribution in [0.2, 0.25) is 0 Å². The highest BCUT2D eigenvalue weighted by Gasteiger charge is 2.20. The fourth-order valence-corrected chi connectivity index (χ4v) is 4.44. The van der Waals surface area contributed by atoms with Crippen LogP contribution < -0.4 is 0 Å². The molecule has 0 saturated carbocycles. The summed E-state index contributed by atoms with van der Waals surface area (Å²) < 4.78 is 5.90. The SMILES string of the molecule is COC(=O)c1ccc(/C=C/C(=O)N2CCN(Cc3nc4ccccc4s3)CC2)cc1. The van der Waals surface area contributed by atoms with Gasteiger partial charge in [0.2, 0.25) is 5.91 Å². The number of methoxy groups -OCH3 is 1. The maximum absolute atomic E-state index is 12.5. The Morgan fingerprint density at radius 2 is 1.80 bits per heavy atom. The van der Waals surface area contributed by atoms with E-state index in [2.05, 4.69) is 11.0 Å². The van der Waals surface area contributed by atoms with Crippen molar-refractivity contribution in [3.8, 4) is 0 Å². The van der Waals surface area contributed by atoms with Gasteiger partial charge in [-0.05, 0) is 35.9 Å². The van der Waals surface area contributed by atoms with Crippen molar-refractivity contribution >= 4 is 39.5 Å². The van der Waals surface area contributed by atoms with Crippen molar-refractivity contribution in [3.05, 3.63) is 70.7 Å². The lowest BCUT2D eigenvalue weighted by Gasteiger charge is -2.33. The van der Waals surface area contributed by atoms with Gasteiger partial charge < -0.3 is 9.64 Å². The highest BCUT2D eigenvalue weighted by molar-refractivity contribution is 7.18. The Labute approximate surface area is 179 Å². The summed E-state index contributed by atoms with van der Waals surface area (Å²) in [6.45, 7) is 3.90. The van der Waals surface area contributed by atoms with Crippen LogP contribution in [0.1, 0.15) is 20.9 Å². The van der Waals surface area contributed by atoms with Crippen molar-refractivity contribution in [2.75, 3.05) is 33.3 Å². The third-order valence-electron chi connectivity index (χ3n) is 5.13. The van der Waals surface area contributed by atoms with Gasteiger partial charge in [0.1, 0.15) is 5.01 Å². The van der Waals surface area contributed by atoms with Crippen LogP contribution in [0.4, 0.5) is 0 Å². The largest absolute Gasteiger partial charge is 0.465 e. The number of rotatable bonds is 5. The monoisotopic (exact) mass is 421 g/mol. The number of hydrogen-bond donors (Lipinski definition) is 0. The molecule has 1 amide bonds. The third-order valence-corrected chi connectivity index (χ3v) is 6.15. The number of piperazine rings is 1. The molecule has 30 heavy (non-hydrogen) atoms. The molecule has 1 aliphatic heterocycles. The molecule has 7 heteroatoms. The van der Waals surface area contributed by atoms with Crippen molar-refractivity contribution < 1.29 is 14.3 Å². The second-order valence-electron chi connectivity index (χ2n) is 7.12. The van der Waals surface area contributed by atoms with E-state index >= 15 is 0 Å². The van der Waals surface area contributed by atoms with Crippen LogP contribution in [0.15, 0.2) is 54.6 Å². The van der Waals surface area contributed by atoms with Gasteiger partial charge in [0.15, 0.2) is 0 Å². The molecule has 0 radical (unpaired) electrons. The standard InChI is InChI=1S/C23H23N3O3S/c1-29-23(28)18-9-6-17(7-10-18)8-11-22(27)26-14-12-25(13-15-26)16-21-24-19-4-2-3-5-20(19)30-21/h2-11H,12-16H2,1H3/b11-8+. The van der Waals surface area contributed by atoms with Gasteiger partial charge in [0.25, 0.3) is 0 Å². The molecule has 1 fully saturated rings. The minimum Gasteiger partial charge on any atom is -0.465 e. The van der Waals surface area contributed by atoms with Crippen LogP contribution in [0.5, 0.6) is 0 Å². The Hall–Kier alpha value is -3.03. The second-order valence-corrected chi connectivity index (χ2v) is 8.24. The third kappa shape index (κ3) is 4.75. The van der Waals surface area contributed by atoms with Crippen LogP contribution in [0, 0.1) is 0 Å². The molecule has 0 bridgehead atoms. The minimum absolute atomic E-state index is 0.00619. The van der Waals surface area contributed by atoms with Gasteiger partial charge in [-0.15, -0.1) is 11.3 Å². The summed E-state index contributed by atoms with van der Waals surface area (Å²) in [6, 6.07) is 15.2. The first kappa shape index (κ1) is 20.3. The number of ether oxygens (including phenoxy) is 1. The molecule has 0 N–H and O–H groups in total. The smallest absolute Gasteiger partial charge is 0.337 e. The number of amides is 1. The first-order valence-corrected chi connectivity index (χ1v) is 10.7. The Bertz CT molecular complexity index is 1030. The lowest BCUT2D eigenvalue weighted by atomic mass is 10.1. The summed E-state index contributed by atoms with van der Waals surface area (Å²) in [6.07, 6.45) is 3.37. The molecule has 4 rings (SSSR count). The number of para-hydroxylation sites is 1. The molecule has 1 saturated heterocycles. The molecule has 154 valence electrons. The molecule has 2 aromatic carbocycles. The maximum Gasteiger partial charge on any atom is 0.337 e. The highest BCUT2D eigenvalue weighted by atomic mass is 32.1. The van der Waals surface area contributed by atoms with E-state index in [1.165, 1.54) is 11.8 Å². The van der Waals surface area contributed by atoms with E-state index in [0.717, 1.165) is 35.7 Å². The number of thiazole rings is 1. The molecular weight excluding hydrogens is 398 g/mol. The molecule has 0 atom stereocenters. The van der Waals surface area contributed by atoms with Crippen LogP contribution >= 0.6 is 11.3 Å². The second kappa shape index (κ2) is 9.19. The summed E-state index contributed by atoms with van der Waals surface area (Å²) >= 11 is 1.73. The number of carbonyl (C=O) groups is 2. The minimum atomic E-state index is -0.370. The van der Waals surface area contributed by atoms with Gasteiger partial charge in [-0.2, -0.15) is 0 Å². The number of aromatic nitrogens is 1. The lowest BCUT2D eigenvalue weighted by molar-refractivity contribution is -0.127. The zero-order valence-corrected chi connectivity index (χ0v) is 17.6. The van der Waals surface area contributed by atoms with E-state index < -0.39 is 0 Å². The summed E-state index contributed by atoms with van der Waals surface area (Å²) in [5, 5.41) is 1.12. The van der Waals surface area contributed by atoms with Crippen molar-refractivity contribution in [2.24, 2.45) is 0 Å². The number of benzene rings is 2. The van der Waals surface area contributed by atoms with E-state index in [4.69, 9.17) is 9.72 Å². The van der Waals surface area contributed by atoms with Crippen molar-refractivity contribution in [1.29, 1.82) is 0 Å². The number of fused-ring (bicyclic) bond motifs is 1. The molecule has 0 unspecified atom stereocenters. The van der Waals surface area contributed by atoms with Gasteiger partial charge >= 0.3 is 5.97 Å². The molecule has 0 aliphatic carbocycles. The zero-order valence-electron chi connectivity index (χ0n) is 16.8. The first-order valence-electron chi connectivity index (χ1n) is 9.84. The van der Waals surface area contributed by atoms with Crippen molar-refractivity contribution in [2.45, 2.75) is 6.54 Å². The lowest BCUT2D eigenvalue weighted by Crippen LogP contribution is -2.47. The number of carbonyl (C=O) groups excluding carboxylic acids is 2. The van der Waals surface area contributed by atoms with Crippen LogP contribution in [-0.4, -0.2) is 59.9 Å². The summed E-state index contributed by atoms with van der Waals surface area (Å²) in [5.41, 5.74) is 2.41. The predicted molar refractivity (Wildman–Crippen MR) is 118 cm³/mol. The topological polar surface area (TPSA) is 62.7 Å². The van der Waals surface area contributed by atoms with Crippen LogP contribution in [-0.2, 0) is 16.1 Å². The predicted octanol–water partition coefficient (Wildman–Crippen LogP) is 3.44. The van der Waals surface area contributed by atoms with E-state index in [9.17, 15) is 9.59 Å². The van der Waals surface area contributed by atoms with Gasteiger partial charge in [0, 0.05) is 32.3 Å². The van der Waals surface area contributed by atoms with Gasteiger partial charge in [-0.25, -0.2) is 9.78 Å². The van der Waals surface area contributed by atoms with Crippen molar-refractivity contribution in [1.82, 2.24) is 14.8 Å². The molecule has 1 aromatic heterocycles. The molecule has 6 nitrogen and oxygen atoms in total. The van der Waals surface area contributed by atoms with E-state index in [0.29, 0.717) is 18.7 Å². The average molecular weight is 422 g/mol. The number of hydrogen-bond acceptors (Lipinski definition) is 6. The van der Waals surface area contributed by atoms with E-state index in [-0.39, 0.29) is 11.9 Å². The number of nitrogens with zero attached hydrogens (tertiary/aromatic N) is 3. The van der Waals surface area contributed by atoms with Crippen LogP contribution in [0.25, 0.3) is 16.3 Å². The van der Waals surface area contributed by atoms with Gasteiger partial charge in [0.05, 0.1) is 29.4 Å². The highest BCUT2D eigenvalue weighted by Crippen LogP contribution is 2.23. The van der Waals surface area contributed by atoms with Gasteiger partial charge in [-0.1, -0.05) is 24.3 Å². The van der Waals surface area contributed by atoms with Gasteiger partial charge in [-0.3, -0.25) is 9.69 Å². The molecule has 3 aromatic rings. The zero-order chi connectivity index (χ0) is 20.9. The molecule has 2 heterocycles. The fraction of sp³-hybridized carbons (Fsp3) is 0.261. The van der Waals surface area contributed by atoms with E-state index in [1.54, 1.807) is 47.8 Å². The average Bonchev–Trinajstić information content (AvgIpc) is 3.20. The Balaban J connectivity index is 1.28. The molecule has 1 aliphatic rings. The molecule has 0 spiro atoms. The normalized spacial score (nSPS) is 15.0. The maximum atomic E-state index is 12.5. The first-order chi connectivity index (χ1) is 14.6. The van der Waals surface area contributed by atoms with Crippen molar-refractivity contribution in [3.63, 3.8) is 0 Å². The summed E-state index contributed by atoms with van der Waals surface area (Å²) in [5.74, 6) is -0.364. The summed E-state index contributed by atoms with van der Waals surface area (Å²) in [4.78, 5) is 32.9. The molecular formula is C23H23N3O3S. The van der Waals surface area contributed by atoms with Crippen LogP contribution in [0.3, 0.4) is 0 Å².